The highest BCUT2D eigenvalue weighted by Crippen LogP contribution is 2.25. The van der Waals surface area contributed by atoms with E-state index in [1.807, 2.05) is 0 Å². The topological polar surface area (TPSA) is 136 Å². The van der Waals surface area contributed by atoms with E-state index in [1.165, 1.54) is 0 Å². The Hall–Kier alpha value is -0.840. The van der Waals surface area contributed by atoms with Crippen molar-refractivity contribution in [3.05, 3.63) is 0 Å². The van der Waals surface area contributed by atoms with Gasteiger partial charge in [0, 0.05) is 0 Å². The Labute approximate surface area is 240 Å². The Kier molecular flexibility index (Phi) is 21.2. The van der Waals surface area contributed by atoms with Gasteiger partial charge in [-0.25, -0.2) is 0 Å². The number of esters is 4. The quantitative estimate of drug-likeness (QED) is 0.138. The van der Waals surface area contributed by atoms with Crippen LogP contribution in [0, 0.1) is 0 Å². The number of halogens is 4. The van der Waals surface area contributed by atoms with E-state index in [0.717, 1.165) is 0 Å². The minimum atomic E-state index is -0.776. The Morgan fingerprint density at radius 1 is 0.514 bits per heavy atom. The van der Waals surface area contributed by atoms with Crippen molar-refractivity contribution in [3.8, 4) is 0 Å². The van der Waals surface area contributed by atoms with Crippen LogP contribution in [0.5, 0.6) is 0 Å². The van der Waals surface area contributed by atoms with E-state index < -0.39 is 46.3 Å². The Morgan fingerprint density at radius 2 is 0.757 bits per heavy atom. The van der Waals surface area contributed by atoms with E-state index in [-0.39, 0.29) is 23.5 Å². The number of carbonyl (C=O) groups is 4. The van der Waals surface area contributed by atoms with Crippen molar-refractivity contribution in [2.24, 2.45) is 0 Å². The van der Waals surface area contributed by atoms with Crippen molar-refractivity contribution < 1.29 is 43.6 Å². The molecule has 0 aliphatic carbocycles. The molecule has 0 radical (unpaired) electrons. The molecule has 0 saturated carbocycles. The first-order valence-electron chi connectivity index (χ1n) is 11.4. The maximum Gasteiger partial charge on any atom is 0.328 e. The molecule has 0 atom stereocenters. The lowest BCUT2D eigenvalue weighted by atomic mass is 9.94. The second-order valence-electron chi connectivity index (χ2n) is 10.5. The van der Waals surface area contributed by atoms with Gasteiger partial charge in [-0.05, 0) is 81.1 Å². The molecule has 13 heteroatoms. The molecule has 0 spiro atoms. The van der Waals surface area contributed by atoms with Gasteiger partial charge < -0.3 is 24.4 Å². The summed E-state index contributed by atoms with van der Waals surface area (Å²) in [6.07, 6.45) is 2.38. The first kappa shape index (κ1) is 40.7. The number of hydrogen-bond donors (Lipinski definition) is 2. The number of alkyl halides is 4. The van der Waals surface area contributed by atoms with Gasteiger partial charge >= 0.3 is 23.9 Å². The minimum absolute atomic E-state index is 0.173. The standard InChI is InChI=1S/C12H20Cl2O4.C8H18O2.C4H4Cl2O3/c1-11(2,17-9(15)7-13)5-6-12(3,4)18-10(16)8-14;1-7(2,9)5-6-8(3,4)10;5-1-3(7)9-4(8)2-6/h5-8H2,1-4H3;9-10H,5-6H2,1-4H3;1-2H2. The second-order valence-corrected chi connectivity index (χ2v) is 11.5. The van der Waals surface area contributed by atoms with Crippen LogP contribution in [-0.4, -0.2) is 80.0 Å². The number of carbonyl (C=O) groups excluding carboxylic acids is 4. The molecule has 0 aliphatic heterocycles. The molecule has 0 aromatic carbocycles. The number of ether oxygens (including phenoxy) is 3. The maximum absolute atomic E-state index is 11.1. The van der Waals surface area contributed by atoms with Crippen LogP contribution >= 0.6 is 46.4 Å². The number of aliphatic hydroxyl groups is 2. The molecule has 2 N–H and O–H groups in total. The molecule has 220 valence electrons. The van der Waals surface area contributed by atoms with Gasteiger partial charge in [-0.2, -0.15) is 0 Å². The van der Waals surface area contributed by atoms with Crippen LogP contribution in [0.3, 0.4) is 0 Å². The maximum atomic E-state index is 11.1. The summed E-state index contributed by atoms with van der Waals surface area (Å²) in [6.45, 7) is 14.1. The van der Waals surface area contributed by atoms with Crippen LogP contribution in [0.2, 0.25) is 0 Å². The van der Waals surface area contributed by atoms with Gasteiger partial charge in [-0.3, -0.25) is 19.2 Å². The second kappa shape index (κ2) is 19.3. The molecule has 0 aliphatic rings. The van der Waals surface area contributed by atoms with Crippen molar-refractivity contribution in [2.45, 2.75) is 103 Å². The van der Waals surface area contributed by atoms with Gasteiger partial charge in [0.1, 0.15) is 34.7 Å². The molecule has 37 heavy (non-hydrogen) atoms. The first-order chi connectivity index (χ1) is 16.5. The summed E-state index contributed by atoms with van der Waals surface area (Å²) in [6, 6.07) is 0. The smallest absolute Gasteiger partial charge is 0.328 e. The molecule has 0 amide bonds. The van der Waals surface area contributed by atoms with Crippen molar-refractivity contribution in [1.29, 1.82) is 0 Å². The van der Waals surface area contributed by atoms with Gasteiger partial charge in [-0.1, -0.05) is 0 Å². The number of rotatable bonds is 12. The zero-order chi connectivity index (χ0) is 30.1. The molecule has 0 saturated heterocycles. The summed E-state index contributed by atoms with van der Waals surface area (Å²) >= 11 is 20.7. The zero-order valence-corrected chi connectivity index (χ0v) is 25.9. The third-order valence-electron chi connectivity index (χ3n) is 4.12. The van der Waals surface area contributed by atoms with E-state index >= 15 is 0 Å². The Balaban J connectivity index is -0.000000515. The van der Waals surface area contributed by atoms with Crippen molar-refractivity contribution in [1.82, 2.24) is 0 Å². The predicted molar refractivity (Wildman–Crippen MR) is 145 cm³/mol. The van der Waals surface area contributed by atoms with Crippen LogP contribution in [0.1, 0.15) is 81.1 Å². The van der Waals surface area contributed by atoms with Crippen LogP contribution in [0.25, 0.3) is 0 Å². The fourth-order valence-electron chi connectivity index (χ4n) is 2.17. The van der Waals surface area contributed by atoms with E-state index in [1.54, 1.807) is 55.4 Å². The highest BCUT2D eigenvalue weighted by molar-refractivity contribution is 6.29. The van der Waals surface area contributed by atoms with Gasteiger partial charge in [-0.15, -0.1) is 46.4 Å². The summed E-state index contributed by atoms with van der Waals surface area (Å²) < 4.78 is 14.4. The van der Waals surface area contributed by atoms with Crippen molar-refractivity contribution in [2.75, 3.05) is 23.5 Å². The van der Waals surface area contributed by atoms with E-state index in [2.05, 4.69) is 4.74 Å². The third-order valence-corrected chi connectivity index (χ3v) is 4.99. The highest BCUT2D eigenvalue weighted by atomic mass is 35.5. The van der Waals surface area contributed by atoms with Crippen LogP contribution < -0.4 is 0 Å². The lowest BCUT2D eigenvalue weighted by Gasteiger charge is -2.30. The molecule has 0 rings (SSSR count). The van der Waals surface area contributed by atoms with Gasteiger partial charge in [0.25, 0.3) is 0 Å². The van der Waals surface area contributed by atoms with Crippen LogP contribution in [0.15, 0.2) is 0 Å². The molecule has 0 aromatic heterocycles. The van der Waals surface area contributed by atoms with Gasteiger partial charge in [0.15, 0.2) is 0 Å². The van der Waals surface area contributed by atoms with Crippen molar-refractivity contribution >= 4 is 70.3 Å². The first-order valence-corrected chi connectivity index (χ1v) is 13.5. The molecule has 0 fully saturated rings. The van der Waals surface area contributed by atoms with E-state index in [4.69, 9.17) is 55.9 Å². The molecule has 0 bridgehead atoms. The summed E-state index contributed by atoms with van der Waals surface area (Å²) in [4.78, 5) is 42.5. The van der Waals surface area contributed by atoms with Crippen LogP contribution in [0.4, 0.5) is 0 Å². The fraction of sp³-hybridized carbons (Fsp3) is 0.833. The molecule has 0 unspecified atom stereocenters. The average Bonchev–Trinajstić information content (AvgIpc) is 2.75. The predicted octanol–water partition coefficient (Wildman–Crippen LogP) is 4.73. The van der Waals surface area contributed by atoms with Crippen molar-refractivity contribution in [3.63, 3.8) is 0 Å². The van der Waals surface area contributed by atoms with Gasteiger partial charge in [0.2, 0.25) is 0 Å². The third kappa shape index (κ3) is 31.3. The SMILES string of the molecule is CC(C)(CCC(C)(C)OC(=O)CCl)OC(=O)CCl.CC(C)(O)CCC(C)(C)O.O=C(CCl)OC(=O)CCl. The van der Waals surface area contributed by atoms with Gasteiger partial charge in [0.05, 0.1) is 11.2 Å². The van der Waals surface area contributed by atoms with E-state index in [0.29, 0.717) is 25.7 Å². The lowest BCUT2D eigenvalue weighted by Crippen LogP contribution is -2.34. The molecule has 9 nitrogen and oxygen atoms in total. The Bertz CT molecular complexity index is 639. The monoisotopic (exact) mass is 614 g/mol. The number of hydrogen-bond acceptors (Lipinski definition) is 9. The highest BCUT2D eigenvalue weighted by Gasteiger charge is 2.29. The normalized spacial score (nSPS) is 11.7. The summed E-state index contributed by atoms with van der Waals surface area (Å²) in [5.74, 6) is -3.48. The molecular formula is C24H42Cl4O9. The Morgan fingerprint density at radius 3 is 0.946 bits per heavy atom. The minimum Gasteiger partial charge on any atom is -0.459 e. The summed E-state index contributed by atoms with van der Waals surface area (Å²) in [5.41, 5.74) is -2.59. The zero-order valence-electron chi connectivity index (χ0n) is 22.9. The largest absolute Gasteiger partial charge is 0.459 e. The fourth-order valence-corrected chi connectivity index (χ4v) is 2.39. The lowest BCUT2D eigenvalue weighted by molar-refractivity contribution is -0.160. The summed E-state index contributed by atoms with van der Waals surface area (Å²) in [7, 11) is 0. The van der Waals surface area contributed by atoms with Crippen LogP contribution in [-0.2, 0) is 33.4 Å². The molecule has 0 heterocycles. The molecule has 0 aromatic rings. The van der Waals surface area contributed by atoms with E-state index in [9.17, 15) is 29.4 Å². The molecular weight excluding hydrogens is 574 g/mol. The summed E-state index contributed by atoms with van der Waals surface area (Å²) in [5, 5.41) is 18.5. The average molecular weight is 616 g/mol.